The van der Waals surface area contributed by atoms with Crippen LogP contribution < -0.4 is 10.6 Å². The van der Waals surface area contributed by atoms with Gasteiger partial charge in [-0.15, -0.1) is 0 Å². The van der Waals surface area contributed by atoms with E-state index in [0.29, 0.717) is 33.8 Å². The number of rotatable bonds is 5. The average Bonchev–Trinajstić information content (AvgIpc) is 3.10. The zero-order valence-electron chi connectivity index (χ0n) is 12.8. The van der Waals surface area contributed by atoms with E-state index in [9.17, 15) is 4.79 Å². The van der Waals surface area contributed by atoms with E-state index in [1.54, 1.807) is 18.2 Å². The molecule has 126 valence electrons. The molecule has 0 bridgehead atoms. The second kappa shape index (κ2) is 7.79. The number of nitrogens with one attached hydrogen (secondary N) is 2. The highest BCUT2D eigenvalue weighted by molar-refractivity contribution is 6.39. The Morgan fingerprint density at radius 2 is 1.96 bits per heavy atom. The molecule has 2 aromatic rings. The third-order valence-corrected chi connectivity index (χ3v) is 4.26. The maximum Gasteiger partial charge on any atom is 0.254 e. The summed E-state index contributed by atoms with van der Waals surface area (Å²) >= 11 is 12.2. The summed E-state index contributed by atoms with van der Waals surface area (Å²) in [6.45, 7) is 1.25. The Balaban J connectivity index is 1.61. The van der Waals surface area contributed by atoms with Crippen molar-refractivity contribution in [2.75, 3.05) is 18.5 Å². The number of carbonyl (C=O) groups is 1. The summed E-state index contributed by atoms with van der Waals surface area (Å²) in [6, 6.07) is 5.17. The monoisotopic (exact) mass is 366 g/mol. The molecule has 6 nitrogen and oxygen atoms in total. The molecule has 1 aliphatic rings. The van der Waals surface area contributed by atoms with E-state index < -0.39 is 0 Å². The van der Waals surface area contributed by atoms with Gasteiger partial charge in [-0.05, 0) is 25.0 Å². The number of carbonyl (C=O) groups excluding carboxylic acids is 1. The van der Waals surface area contributed by atoms with Crippen molar-refractivity contribution in [2.45, 2.75) is 18.9 Å². The summed E-state index contributed by atoms with van der Waals surface area (Å²) in [5.41, 5.74) is 0.903. The first-order chi connectivity index (χ1) is 11.6. The van der Waals surface area contributed by atoms with Gasteiger partial charge in [-0.2, -0.15) is 0 Å². The van der Waals surface area contributed by atoms with Crippen LogP contribution in [0.15, 0.2) is 30.6 Å². The molecule has 1 aliphatic heterocycles. The summed E-state index contributed by atoms with van der Waals surface area (Å²) < 4.78 is 5.47. The summed E-state index contributed by atoms with van der Waals surface area (Å²) in [7, 11) is 0. The Morgan fingerprint density at radius 3 is 2.58 bits per heavy atom. The molecular weight excluding hydrogens is 351 g/mol. The first kappa shape index (κ1) is 17.0. The summed E-state index contributed by atoms with van der Waals surface area (Å²) in [4.78, 5) is 20.3. The van der Waals surface area contributed by atoms with Gasteiger partial charge in [-0.1, -0.05) is 29.3 Å². The predicted octanol–water partition coefficient (Wildman–Crippen LogP) is 3.44. The Morgan fingerprint density at radius 1 is 1.25 bits per heavy atom. The Hall–Kier alpha value is -1.89. The highest BCUT2D eigenvalue weighted by Crippen LogP contribution is 2.31. The van der Waals surface area contributed by atoms with E-state index in [4.69, 9.17) is 27.9 Å². The number of nitrogens with zero attached hydrogens (tertiary/aromatic N) is 2. The van der Waals surface area contributed by atoms with Crippen LogP contribution in [0.5, 0.6) is 0 Å². The zero-order chi connectivity index (χ0) is 16.9. The van der Waals surface area contributed by atoms with E-state index in [1.807, 2.05) is 0 Å². The van der Waals surface area contributed by atoms with E-state index in [2.05, 4.69) is 20.6 Å². The highest BCUT2D eigenvalue weighted by Gasteiger charge is 2.17. The third-order valence-electron chi connectivity index (χ3n) is 3.63. The Bertz CT molecular complexity index is 698. The lowest BCUT2D eigenvalue weighted by Crippen LogP contribution is -2.31. The first-order valence-corrected chi connectivity index (χ1v) is 8.32. The van der Waals surface area contributed by atoms with E-state index >= 15 is 0 Å². The van der Waals surface area contributed by atoms with Crippen LogP contribution in [0.25, 0.3) is 0 Å². The number of hydrogen-bond donors (Lipinski definition) is 2. The molecular formula is C16H16Cl2N4O2. The van der Waals surface area contributed by atoms with Crippen LogP contribution in [0.2, 0.25) is 10.0 Å². The fourth-order valence-corrected chi connectivity index (χ4v) is 2.84. The molecule has 1 amide bonds. The van der Waals surface area contributed by atoms with Crippen molar-refractivity contribution >= 4 is 40.7 Å². The van der Waals surface area contributed by atoms with Crippen molar-refractivity contribution in [1.29, 1.82) is 0 Å². The molecule has 1 saturated heterocycles. The van der Waals surface area contributed by atoms with E-state index in [0.717, 1.165) is 19.4 Å². The van der Waals surface area contributed by atoms with Gasteiger partial charge in [-0.3, -0.25) is 4.79 Å². The quantitative estimate of drug-likeness (QED) is 0.847. The predicted molar refractivity (Wildman–Crippen MR) is 93.1 cm³/mol. The minimum Gasteiger partial charge on any atom is -0.376 e. The molecule has 0 spiro atoms. The van der Waals surface area contributed by atoms with Crippen LogP contribution in [0, 0.1) is 0 Å². The normalized spacial score (nSPS) is 16.8. The maximum absolute atomic E-state index is 12.1. The molecule has 1 aromatic heterocycles. The standard InChI is InChI=1S/C16H16Cl2N4O2/c17-12-4-1-5-13(18)14(12)22-16-20-7-10(8-21-16)15(23)19-9-11-3-2-6-24-11/h1,4-5,7-8,11H,2-3,6,9H2,(H,19,23)(H,20,21,22). The molecule has 0 radical (unpaired) electrons. The maximum atomic E-state index is 12.1. The van der Waals surface area contributed by atoms with Crippen molar-refractivity contribution in [1.82, 2.24) is 15.3 Å². The van der Waals surface area contributed by atoms with Crippen molar-refractivity contribution in [3.63, 3.8) is 0 Å². The molecule has 1 unspecified atom stereocenters. The fourth-order valence-electron chi connectivity index (χ4n) is 2.35. The van der Waals surface area contributed by atoms with Gasteiger partial charge < -0.3 is 15.4 Å². The smallest absolute Gasteiger partial charge is 0.254 e. The van der Waals surface area contributed by atoms with Gasteiger partial charge in [0.25, 0.3) is 5.91 Å². The summed E-state index contributed by atoms with van der Waals surface area (Å²) in [5, 5.41) is 6.69. The molecule has 2 N–H and O–H groups in total. The summed E-state index contributed by atoms with van der Waals surface area (Å²) in [6.07, 6.45) is 5.00. The summed E-state index contributed by atoms with van der Waals surface area (Å²) in [5.74, 6) is 0.0773. The van der Waals surface area contributed by atoms with Gasteiger partial charge in [0.15, 0.2) is 0 Å². The molecule has 0 aliphatic carbocycles. The number of hydrogen-bond acceptors (Lipinski definition) is 5. The van der Waals surface area contributed by atoms with Crippen molar-refractivity contribution in [3.8, 4) is 0 Å². The molecule has 24 heavy (non-hydrogen) atoms. The third kappa shape index (κ3) is 4.14. The lowest BCUT2D eigenvalue weighted by molar-refractivity contribution is 0.0857. The van der Waals surface area contributed by atoms with Gasteiger partial charge in [0, 0.05) is 25.5 Å². The van der Waals surface area contributed by atoms with Crippen LogP contribution in [0.3, 0.4) is 0 Å². The van der Waals surface area contributed by atoms with Gasteiger partial charge in [0.1, 0.15) is 0 Å². The minimum atomic E-state index is -0.229. The van der Waals surface area contributed by atoms with Crippen LogP contribution in [0.4, 0.5) is 11.6 Å². The molecule has 1 aromatic carbocycles. The number of halogens is 2. The second-order valence-corrected chi connectivity index (χ2v) is 6.18. The van der Waals surface area contributed by atoms with E-state index in [-0.39, 0.29) is 12.0 Å². The van der Waals surface area contributed by atoms with Gasteiger partial charge in [0.2, 0.25) is 5.95 Å². The Kier molecular flexibility index (Phi) is 5.50. The number of ether oxygens (including phenoxy) is 1. The number of aromatic nitrogens is 2. The minimum absolute atomic E-state index is 0.0955. The SMILES string of the molecule is O=C(NCC1CCCO1)c1cnc(Nc2c(Cl)cccc2Cl)nc1. The lowest BCUT2D eigenvalue weighted by atomic mass is 10.2. The number of anilines is 2. The van der Waals surface area contributed by atoms with Crippen LogP contribution in [-0.2, 0) is 4.74 Å². The molecule has 1 fully saturated rings. The van der Waals surface area contributed by atoms with Crippen molar-refractivity contribution in [2.24, 2.45) is 0 Å². The number of amides is 1. The largest absolute Gasteiger partial charge is 0.376 e. The highest BCUT2D eigenvalue weighted by atomic mass is 35.5. The van der Waals surface area contributed by atoms with Crippen LogP contribution in [-0.4, -0.2) is 35.1 Å². The van der Waals surface area contributed by atoms with Gasteiger partial charge >= 0.3 is 0 Å². The number of benzene rings is 1. The molecule has 2 heterocycles. The Labute approximate surface area is 149 Å². The molecule has 3 rings (SSSR count). The number of para-hydroxylation sites is 1. The second-order valence-electron chi connectivity index (χ2n) is 5.36. The van der Waals surface area contributed by atoms with Crippen molar-refractivity contribution in [3.05, 3.63) is 46.2 Å². The van der Waals surface area contributed by atoms with Gasteiger partial charge in [0.05, 0.1) is 27.4 Å². The first-order valence-electron chi connectivity index (χ1n) is 7.56. The van der Waals surface area contributed by atoms with E-state index in [1.165, 1.54) is 12.4 Å². The molecule has 1 atom stereocenters. The van der Waals surface area contributed by atoms with Crippen molar-refractivity contribution < 1.29 is 9.53 Å². The molecule has 0 saturated carbocycles. The fraction of sp³-hybridized carbons (Fsp3) is 0.312. The topological polar surface area (TPSA) is 76.1 Å². The lowest BCUT2D eigenvalue weighted by Gasteiger charge is -2.11. The molecule has 8 heteroatoms. The average molecular weight is 367 g/mol. The van der Waals surface area contributed by atoms with Gasteiger partial charge in [-0.25, -0.2) is 9.97 Å². The van der Waals surface area contributed by atoms with Crippen LogP contribution in [0.1, 0.15) is 23.2 Å². The zero-order valence-corrected chi connectivity index (χ0v) is 14.3. The van der Waals surface area contributed by atoms with Crippen LogP contribution >= 0.6 is 23.2 Å².